The van der Waals surface area contributed by atoms with E-state index in [0.717, 1.165) is 0 Å². The highest BCUT2D eigenvalue weighted by Crippen LogP contribution is 2.25. The average molecular weight is 332 g/mol. The molecule has 23 heavy (non-hydrogen) atoms. The van der Waals surface area contributed by atoms with Crippen LogP contribution in [0.25, 0.3) is 11.4 Å². The molecule has 7 nitrogen and oxygen atoms in total. The Labute approximate surface area is 137 Å². The summed E-state index contributed by atoms with van der Waals surface area (Å²) in [6, 6.07) is 8.98. The Balaban J connectivity index is 1.76. The van der Waals surface area contributed by atoms with Crippen molar-refractivity contribution in [1.82, 2.24) is 19.9 Å². The molecule has 0 spiro atoms. The first kappa shape index (κ1) is 15.2. The number of anilines is 1. The third-order valence-electron chi connectivity index (χ3n) is 3.15. The van der Waals surface area contributed by atoms with E-state index in [4.69, 9.17) is 16.1 Å². The van der Waals surface area contributed by atoms with Crippen molar-refractivity contribution in [2.45, 2.75) is 13.3 Å². The molecule has 1 aromatic carbocycles. The standard InChI is InChI=1S/C15H14ClN5O2/c1-9-7-10(20-23-9)8-13(22)17-15-18-14(19-21(15)2)11-5-3-4-6-12(11)16/h3-7H,8H2,1-2H3,(H,17,18,19,22). The van der Waals surface area contributed by atoms with Crippen LogP contribution in [0.2, 0.25) is 5.02 Å². The molecule has 3 aromatic rings. The van der Waals surface area contributed by atoms with E-state index in [0.29, 0.717) is 33.8 Å². The Morgan fingerprint density at radius 1 is 1.39 bits per heavy atom. The van der Waals surface area contributed by atoms with Crippen molar-refractivity contribution in [1.29, 1.82) is 0 Å². The van der Waals surface area contributed by atoms with Crippen molar-refractivity contribution in [3.05, 3.63) is 46.8 Å². The van der Waals surface area contributed by atoms with Crippen LogP contribution in [-0.2, 0) is 18.3 Å². The van der Waals surface area contributed by atoms with Crippen LogP contribution in [0.3, 0.4) is 0 Å². The minimum atomic E-state index is -0.250. The number of aromatic nitrogens is 4. The lowest BCUT2D eigenvalue weighted by molar-refractivity contribution is -0.115. The van der Waals surface area contributed by atoms with Gasteiger partial charge in [-0.2, -0.15) is 4.98 Å². The molecular formula is C15H14ClN5O2. The quantitative estimate of drug-likeness (QED) is 0.794. The van der Waals surface area contributed by atoms with Crippen LogP contribution < -0.4 is 5.32 Å². The van der Waals surface area contributed by atoms with Gasteiger partial charge in [-0.25, -0.2) is 4.68 Å². The summed E-state index contributed by atoms with van der Waals surface area (Å²) in [4.78, 5) is 16.4. The SMILES string of the molecule is Cc1cc(CC(=O)Nc2nc(-c3ccccc3Cl)nn2C)no1. The van der Waals surface area contributed by atoms with Crippen molar-refractivity contribution >= 4 is 23.5 Å². The first-order chi connectivity index (χ1) is 11.0. The van der Waals surface area contributed by atoms with E-state index in [2.05, 4.69) is 20.6 Å². The molecule has 1 amide bonds. The van der Waals surface area contributed by atoms with Crippen molar-refractivity contribution in [2.24, 2.45) is 7.05 Å². The Hall–Kier alpha value is -2.67. The van der Waals surface area contributed by atoms with Gasteiger partial charge in [-0.3, -0.25) is 10.1 Å². The molecule has 0 aliphatic carbocycles. The predicted molar refractivity (Wildman–Crippen MR) is 85.0 cm³/mol. The van der Waals surface area contributed by atoms with Gasteiger partial charge < -0.3 is 4.52 Å². The first-order valence-electron chi connectivity index (χ1n) is 6.91. The van der Waals surface area contributed by atoms with Gasteiger partial charge in [-0.05, 0) is 19.1 Å². The lowest BCUT2D eigenvalue weighted by Crippen LogP contribution is -2.17. The number of nitrogens with one attached hydrogen (secondary N) is 1. The monoisotopic (exact) mass is 331 g/mol. The predicted octanol–water partition coefficient (Wildman–Crippen LogP) is 2.61. The molecule has 0 unspecified atom stereocenters. The van der Waals surface area contributed by atoms with Gasteiger partial charge in [0.25, 0.3) is 0 Å². The molecule has 3 rings (SSSR count). The zero-order chi connectivity index (χ0) is 16.4. The van der Waals surface area contributed by atoms with E-state index >= 15 is 0 Å². The number of benzene rings is 1. The lowest BCUT2D eigenvalue weighted by atomic mass is 10.2. The highest BCUT2D eigenvalue weighted by molar-refractivity contribution is 6.33. The average Bonchev–Trinajstić information content (AvgIpc) is 3.06. The Kier molecular flexibility index (Phi) is 4.12. The maximum atomic E-state index is 12.1. The number of nitrogens with zero attached hydrogens (tertiary/aromatic N) is 4. The Morgan fingerprint density at radius 2 is 2.17 bits per heavy atom. The Morgan fingerprint density at radius 3 is 2.87 bits per heavy atom. The second kappa shape index (κ2) is 6.21. The fourth-order valence-electron chi connectivity index (χ4n) is 2.08. The molecule has 0 saturated heterocycles. The molecule has 2 heterocycles. The molecule has 0 fully saturated rings. The summed E-state index contributed by atoms with van der Waals surface area (Å²) in [5.74, 6) is 1.20. The molecule has 0 atom stereocenters. The Bertz CT molecular complexity index is 855. The van der Waals surface area contributed by atoms with Gasteiger partial charge >= 0.3 is 0 Å². The summed E-state index contributed by atoms with van der Waals surface area (Å²) in [6.45, 7) is 1.77. The molecule has 0 bridgehead atoms. The normalized spacial score (nSPS) is 10.7. The maximum absolute atomic E-state index is 12.1. The van der Waals surface area contributed by atoms with E-state index < -0.39 is 0 Å². The molecule has 2 aromatic heterocycles. The van der Waals surface area contributed by atoms with Crippen LogP contribution in [0, 0.1) is 6.92 Å². The number of halogens is 1. The largest absolute Gasteiger partial charge is 0.361 e. The van der Waals surface area contributed by atoms with Crippen LogP contribution in [0.1, 0.15) is 11.5 Å². The molecule has 0 radical (unpaired) electrons. The number of carbonyl (C=O) groups is 1. The molecule has 0 aliphatic rings. The van der Waals surface area contributed by atoms with Crippen molar-refractivity contribution in [3.8, 4) is 11.4 Å². The van der Waals surface area contributed by atoms with E-state index in [-0.39, 0.29) is 12.3 Å². The van der Waals surface area contributed by atoms with E-state index in [1.807, 2.05) is 18.2 Å². The fraction of sp³-hybridized carbons (Fsp3) is 0.200. The second-order valence-electron chi connectivity index (χ2n) is 5.02. The zero-order valence-electron chi connectivity index (χ0n) is 12.6. The summed E-state index contributed by atoms with van der Waals surface area (Å²) in [6.07, 6.45) is 0.103. The molecule has 8 heteroatoms. The first-order valence-corrected chi connectivity index (χ1v) is 7.28. The van der Waals surface area contributed by atoms with Gasteiger partial charge in [-0.15, -0.1) is 5.10 Å². The van der Waals surface area contributed by atoms with E-state index in [1.54, 1.807) is 26.1 Å². The highest BCUT2D eigenvalue weighted by atomic mass is 35.5. The molecule has 1 N–H and O–H groups in total. The number of hydrogen-bond donors (Lipinski definition) is 1. The zero-order valence-corrected chi connectivity index (χ0v) is 13.3. The molecule has 118 valence electrons. The van der Waals surface area contributed by atoms with Crippen LogP contribution in [0.15, 0.2) is 34.9 Å². The van der Waals surface area contributed by atoms with Gasteiger partial charge in [0, 0.05) is 18.7 Å². The number of amides is 1. The van der Waals surface area contributed by atoms with Crippen LogP contribution >= 0.6 is 11.6 Å². The highest BCUT2D eigenvalue weighted by Gasteiger charge is 2.15. The summed E-state index contributed by atoms with van der Waals surface area (Å²) in [7, 11) is 1.70. The summed E-state index contributed by atoms with van der Waals surface area (Å²) in [5, 5.41) is 11.3. The van der Waals surface area contributed by atoms with Gasteiger partial charge in [0.2, 0.25) is 11.9 Å². The second-order valence-corrected chi connectivity index (χ2v) is 5.42. The maximum Gasteiger partial charge on any atom is 0.232 e. The summed E-state index contributed by atoms with van der Waals surface area (Å²) < 4.78 is 6.43. The summed E-state index contributed by atoms with van der Waals surface area (Å²) >= 11 is 6.14. The van der Waals surface area contributed by atoms with Crippen LogP contribution in [0.4, 0.5) is 5.95 Å². The van der Waals surface area contributed by atoms with Gasteiger partial charge in [-0.1, -0.05) is 28.9 Å². The third kappa shape index (κ3) is 3.40. The van der Waals surface area contributed by atoms with Gasteiger partial charge in [0.1, 0.15) is 5.76 Å². The van der Waals surface area contributed by atoms with E-state index in [1.165, 1.54) is 4.68 Å². The van der Waals surface area contributed by atoms with Gasteiger partial charge in [0.05, 0.1) is 17.1 Å². The number of carbonyl (C=O) groups excluding carboxylic acids is 1. The van der Waals surface area contributed by atoms with Crippen LogP contribution in [-0.4, -0.2) is 25.8 Å². The number of aryl methyl sites for hydroxylation is 2. The third-order valence-corrected chi connectivity index (χ3v) is 3.48. The minimum absolute atomic E-state index is 0.103. The number of hydrogen-bond acceptors (Lipinski definition) is 5. The molecule has 0 aliphatic heterocycles. The van der Waals surface area contributed by atoms with E-state index in [9.17, 15) is 4.79 Å². The smallest absolute Gasteiger partial charge is 0.232 e. The van der Waals surface area contributed by atoms with Crippen molar-refractivity contribution in [3.63, 3.8) is 0 Å². The number of rotatable bonds is 4. The van der Waals surface area contributed by atoms with Crippen LogP contribution in [0.5, 0.6) is 0 Å². The molecular weight excluding hydrogens is 318 g/mol. The lowest BCUT2D eigenvalue weighted by Gasteiger charge is -2.01. The van der Waals surface area contributed by atoms with Crippen molar-refractivity contribution < 1.29 is 9.32 Å². The topological polar surface area (TPSA) is 85.8 Å². The summed E-state index contributed by atoms with van der Waals surface area (Å²) in [5.41, 5.74) is 1.27. The van der Waals surface area contributed by atoms with Crippen molar-refractivity contribution in [2.75, 3.05) is 5.32 Å². The minimum Gasteiger partial charge on any atom is -0.361 e. The fourth-order valence-corrected chi connectivity index (χ4v) is 2.30. The van der Waals surface area contributed by atoms with Gasteiger partial charge in [0.15, 0.2) is 5.82 Å². The molecule has 0 saturated carbocycles.